The molecule has 1 aliphatic rings. The van der Waals surface area contributed by atoms with Gasteiger partial charge in [0.2, 0.25) is 0 Å². The van der Waals surface area contributed by atoms with E-state index in [0.717, 1.165) is 0 Å². The lowest BCUT2D eigenvalue weighted by molar-refractivity contribution is -0.118. The average molecular weight is 111 g/mol. The van der Waals surface area contributed by atoms with Crippen molar-refractivity contribution in [2.24, 2.45) is 5.16 Å². The molecule has 0 unspecified atom stereocenters. The molecule has 3 heteroatoms. The summed E-state index contributed by atoms with van der Waals surface area (Å²) in [7, 11) is 0. The molecule has 0 radical (unpaired) electrons. The summed E-state index contributed by atoms with van der Waals surface area (Å²) in [6.45, 7) is 0.0625. The fourth-order valence-electron chi connectivity index (χ4n) is 0.378. The standard InChI is InChI=1S/C5H5NO2/c7-5-2-1-3-6-8-4-5/h1-3H,4H2. The van der Waals surface area contributed by atoms with E-state index >= 15 is 0 Å². The maximum atomic E-state index is 10.4. The zero-order chi connectivity index (χ0) is 5.82. The van der Waals surface area contributed by atoms with E-state index in [2.05, 4.69) is 9.99 Å². The van der Waals surface area contributed by atoms with Gasteiger partial charge in [0.15, 0.2) is 12.4 Å². The zero-order valence-corrected chi connectivity index (χ0v) is 4.20. The number of carbonyl (C=O) groups is 1. The van der Waals surface area contributed by atoms with E-state index in [1.807, 2.05) is 0 Å². The fourth-order valence-corrected chi connectivity index (χ4v) is 0.378. The van der Waals surface area contributed by atoms with Crippen LogP contribution in [0.15, 0.2) is 17.3 Å². The van der Waals surface area contributed by atoms with Crippen molar-refractivity contribution in [3.63, 3.8) is 0 Å². The van der Waals surface area contributed by atoms with Gasteiger partial charge in [-0.25, -0.2) is 0 Å². The second-order valence-electron chi connectivity index (χ2n) is 1.35. The van der Waals surface area contributed by atoms with Gasteiger partial charge in [-0.3, -0.25) is 4.79 Å². The largest absolute Gasteiger partial charge is 0.387 e. The lowest BCUT2D eigenvalue weighted by Gasteiger charge is -1.87. The van der Waals surface area contributed by atoms with Crippen LogP contribution < -0.4 is 0 Å². The van der Waals surface area contributed by atoms with Crippen LogP contribution in [0.5, 0.6) is 0 Å². The molecule has 0 saturated heterocycles. The Labute approximate surface area is 46.6 Å². The van der Waals surface area contributed by atoms with Crippen molar-refractivity contribution in [1.82, 2.24) is 0 Å². The van der Waals surface area contributed by atoms with Gasteiger partial charge in [-0.15, -0.1) is 0 Å². The lowest BCUT2D eigenvalue weighted by atomic mass is 10.4. The highest BCUT2D eigenvalue weighted by Crippen LogP contribution is 1.84. The summed E-state index contributed by atoms with van der Waals surface area (Å²) >= 11 is 0. The number of rotatable bonds is 0. The molecule has 42 valence electrons. The number of hydrogen-bond acceptors (Lipinski definition) is 3. The molecule has 0 aromatic carbocycles. The second-order valence-corrected chi connectivity index (χ2v) is 1.35. The first-order chi connectivity index (χ1) is 3.89. The Morgan fingerprint density at radius 1 is 1.75 bits per heavy atom. The molecular weight excluding hydrogens is 106 g/mol. The van der Waals surface area contributed by atoms with Crippen LogP contribution in [0, 0.1) is 0 Å². The minimum atomic E-state index is -0.0532. The highest BCUT2D eigenvalue weighted by Gasteiger charge is 1.95. The molecule has 1 rings (SSSR count). The number of oxime groups is 1. The Bertz CT molecular complexity index is 149. The van der Waals surface area contributed by atoms with E-state index in [1.165, 1.54) is 12.3 Å². The van der Waals surface area contributed by atoms with E-state index in [4.69, 9.17) is 0 Å². The van der Waals surface area contributed by atoms with E-state index < -0.39 is 0 Å². The smallest absolute Gasteiger partial charge is 0.195 e. The van der Waals surface area contributed by atoms with Gasteiger partial charge in [-0.05, 0) is 12.2 Å². The first kappa shape index (κ1) is 5.03. The van der Waals surface area contributed by atoms with Crippen molar-refractivity contribution in [2.75, 3.05) is 6.61 Å². The van der Waals surface area contributed by atoms with Crippen molar-refractivity contribution in [1.29, 1.82) is 0 Å². The van der Waals surface area contributed by atoms with Crippen molar-refractivity contribution in [2.45, 2.75) is 0 Å². The summed E-state index contributed by atoms with van der Waals surface area (Å²) in [5.41, 5.74) is 0. The zero-order valence-electron chi connectivity index (χ0n) is 4.20. The van der Waals surface area contributed by atoms with Gasteiger partial charge in [0, 0.05) is 0 Å². The summed E-state index contributed by atoms with van der Waals surface area (Å²) in [6.07, 6.45) is 4.41. The van der Waals surface area contributed by atoms with Gasteiger partial charge >= 0.3 is 0 Å². The van der Waals surface area contributed by atoms with Crippen molar-refractivity contribution in [3.8, 4) is 0 Å². The van der Waals surface area contributed by atoms with Crippen molar-refractivity contribution in [3.05, 3.63) is 12.2 Å². The van der Waals surface area contributed by atoms with Crippen molar-refractivity contribution < 1.29 is 9.63 Å². The predicted molar refractivity (Wildman–Crippen MR) is 28.6 cm³/mol. The van der Waals surface area contributed by atoms with E-state index in [0.29, 0.717) is 0 Å². The van der Waals surface area contributed by atoms with Gasteiger partial charge < -0.3 is 4.84 Å². The molecule has 0 aliphatic carbocycles. The first-order valence-electron chi connectivity index (χ1n) is 2.24. The molecule has 0 atom stereocenters. The van der Waals surface area contributed by atoms with Crippen molar-refractivity contribution >= 4 is 12.0 Å². The number of ketones is 1. The molecule has 0 bridgehead atoms. The van der Waals surface area contributed by atoms with E-state index in [-0.39, 0.29) is 12.4 Å². The molecule has 0 aromatic heterocycles. The molecule has 3 nitrogen and oxygen atoms in total. The van der Waals surface area contributed by atoms with Gasteiger partial charge in [-0.2, -0.15) is 0 Å². The summed E-state index contributed by atoms with van der Waals surface area (Å²) in [5, 5.41) is 3.39. The minimum Gasteiger partial charge on any atom is -0.387 e. The molecular formula is C5H5NO2. The molecule has 8 heavy (non-hydrogen) atoms. The maximum absolute atomic E-state index is 10.4. The number of nitrogens with zero attached hydrogens (tertiary/aromatic N) is 1. The van der Waals surface area contributed by atoms with Crippen LogP contribution >= 0.6 is 0 Å². The van der Waals surface area contributed by atoms with E-state index in [1.54, 1.807) is 6.08 Å². The van der Waals surface area contributed by atoms with Crippen LogP contribution in [0.4, 0.5) is 0 Å². The highest BCUT2D eigenvalue weighted by atomic mass is 16.6. The third-order valence-electron chi connectivity index (χ3n) is 0.710. The van der Waals surface area contributed by atoms with Crippen LogP contribution in [-0.2, 0) is 9.63 Å². The molecule has 1 heterocycles. The Morgan fingerprint density at radius 3 is 3.50 bits per heavy atom. The molecule has 0 amide bonds. The maximum Gasteiger partial charge on any atom is 0.195 e. The number of hydrogen-bond donors (Lipinski definition) is 0. The third-order valence-corrected chi connectivity index (χ3v) is 0.710. The average Bonchev–Trinajstić information content (AvgIpc) is 1.94. The van der Waals surface area contributed by atoms with Gasteiger partial charge in [0.1, 0.15) is 0 Å². The molecule has 0 saturated carbocycles. The lowest BCUT2D eigenvalue weighted by Crippen LogP contribution is -1.99. The first-order valence-corrected chi connectivity index (χ1v) is 2.24. The Hall–Kier alpha value is -1.12. The summed E-state index contributed by atoms with van der Waals surface area (Å²) in [5.74, 6) is -0.0532. The normalized spacial score (nSPS) is 17.8. The van der Waals surface area contributed by atoms with Crippen LogP contribution in [0.1, 0.15) is 0 Å². The highest BCUT2D eigenvalue weighted by molar-refractivity contribution is 5.94. The van der Waals surface area contributed by atoms with Gasteiger partial charge in [0.25, 0.3) is 0 Å². The van der Waals surface area contributed by atoms with Crippen LogP contribution in [0.25, 0.3) is 0 Å². The van der Waals surface area contributed by atoms with E-state index in [9.17, 15) is 4.79 Å². The Morgan fingerprint density at radius 2 is 2.62 bits per heavy atom. The van der Waals surface area contributed by atoms with Gasteiger partial charge in [-0.1, -0.05) is 5.16 Å². The minimum absolute atomic E-state index is 0.0532. The Kier molecular flexibility index (Phi) is 1.42. The monoisotopic (exact) mass is 111 g/mol. The van der Waals surface area contributed by atoms with Crippen LogP contribution in [-0.4, -0.2) is 18.6 Å². The molecule has 1 aliphatic heterocycles. The fraction of sp³-hybridized carbons (Fsp3) is 0.200. The summed E-state index contributed by atoms with van der Waals surface area (Å²) < 4.78 is 0. The summed E-state index contributed by atoms with van der Waals surface area (Å²) in [6, 6.07) is 0. The Balaban J connectivity index is 2.58. The third kappa shape index (κ3) is 1.18. The molecule has 0 spiro atoms. The predicted octanol–water partition coefficient (Wildman–Crippen LogP) is 0.128. The number of allylic oxidation sites excluding steroid dienone is 1. The van der Waals surface area contributed by atoms with Crippen LogP contribution in [0.3, 0.4) is 0 Å². The van der Waals surface area contributed by atoms with Gasteiger partial charge in [0.05, 0.1) is 6.21 Å². The molecule has 0 aromatic rings. The van der Waals surface area contributed by atoms with Crippen LogP contribution in [0.2, 0.25) is 0 Å². The SMILES string of the molecule is O=C1C=CC=NOC1. The molecule has 0 N–H and O–H groups in total. The second kappa shape index (κ2) is 2.26. The quantitative estimate of drug-likeness (QED) is 0.445. The molecule has 0 fully saturated rings. The number of carbonyl (C=O) groups excluding carboxylic acids is 1. The topological polar surface area (TPSA) is 38.7 Å². The summed E-state index contributed by atoms with van der Waals surface area (Å²) in [4.78, 5) is 14.9.